The molecule has 0 radical (unpaired) electrons. The molecule has 1 saturated carbocycles. The average Bonchev–Trinajstić information content (AvgIpc) is 2.60. The Balaban J connectivity index is 1.69. The molecule has 0 spiro atoms. The lowest BCUT2D eigenvalue weighted by Crippen LogP contribution is -2.22. The van der Waals surface area contributed by atoms with Gasteiger partial charge in [0.25, 0.3) is 0 Å². The molecule has 0 bridgehead atoms. The Kier molecular flexibility index (Phi) is 7.60. The van der Waals surface area contributed by atoms with E-state index in [1.807, 2.05) is 6.92 Å². The highest BCUT2D eigenvalue weighted by molar-refractivity contribution is 5.68. The van der Waals surface area contributed by atoms with Gasteiger partial charge in [0.15, 0.2) is 0 Å². The predicted molar refractivity (Wildman–Crippen MR) is 94.2 cm³/mol. The summed E-state index contributed by atoms with van der Waals surface area (Å²) in [6, 6.07) is 8.98. The van der Waals surface area contributed by atoms with E-state index in [0.717, 1.165) is 31.2 Å². The molecule has 0 aliphatic heterocycles. The van der Waals surface area contributed by atoms with E-state index in [4.69, 9.17) is 10.5 Å². The molecule has 3 nitrogen and oxygen atoms in total. The van der Waals surface area contributed by atoms with Crippen LogP contribution in [0.15, 0.2) is 24.3 Å². The molecule has 3 heteroatoms. The lowest BCUT2D eigenvalue weighted by molar-refractivity contribution is -0.143. The zero-order valence-electron chi connectivity index (χ0n) is 14.4. The lowest BCUT2D eigenvalue weighted by atomic mass is 9.79. The Hall–Kier alpha value is -1.35. The summed E-state index contributed by atoms with van der Waals surface area (Å²) in [6.45, 7) is 3.21. The van der Waals surface area contributed by atoms with Gasteiger partial charge in [-0.1, -0.05) is 31.2 Å². The minimum absolute atomic E-state index is 0.107. The summed E-state index contributed by atoms with van der Waals surface area (Å²) in [5, 5.41) is 0. The number of ether oxygens (including phenoxy) is 1. The first-order valence-corrected chi connectivity index (χ1v) is 9.14. The molecule has 1 fully saturated rings. The minimum Gasteiger partial charge on any atom is -0.466 e. The van der Waals surface area contributed by atoms with Crippen LogP contribution in [0, 0.1) is 11.8 Å². The van der Waals surface area contributed by atoms with E-state index in [0.29, 0.717) is 13.0 Å². The standard InChI is InChI=1S/C20H31NO2/c1-2-20(22)23-13-3-4-16-5-7-17(8-6-16)14-18-9-11-19(15-21)12-10-18/h5-8,18-19H,2-4,9-15,21H2,1H3. The van der Waals surface area contributed by atoms with Crippen molar-refractivity contribution in [1.29, 1.82) is 0 Å². The second-order valence-corrected chi connectivity index (χ2v) is 6.82. The van der Waals surface area contributed by atoms with Crippen molar-refractivity contribution in [3.8, 4) is 0 Å². The average molecular weight is 317 g/mol. The van der Waals surface area contributed by atoms with Gasteiger partial charge in [-0.3, -0.25) is 4.79 Å². The second kappa shape index (κ2) is 9.71. The minimum atomic E-state index is -0.107. The van der Waals surface area contributed by atoms with Crippen molar-refractivity contribution in [2.75, 3.05) is 13.2 Å². The van der Waals surface area contributed by atoms with Gasteiger partial charge in [0.05, 0.1) is 6.61 Å². The second-order valence-electron chi connectivity index (χ2n) is 6.82. The van der Waals surface area contributed by atoms with Crippen LogP contribution in [0.5, 0.6) is 0 Å². The summed E-state index contributed by atoms with van der Waals surface area (Å²) in [6.07, 6.45) is 8.78. The fourth-order valence-electron chi connectivity index (χ4n) is 3.41. The summed E-state index contributed by atoms with van der Waals surface area (Å²) in [5.41, 5.74) is 8.54. The number of benzene rings is 1. The molecule has 23 heavy (non-hydrogen) atoms. The topological polar surface area (TPSA) is 52.3 Å². The van der Waals surface area contributed by atoms with Gasteiger partial charge >= 0.3 is 5.97 Å². The van der Waals surface area contributed by atoms with E-state index in [9.17, 15) is 4.79 Å². The molecular weight excluding hydrogens is 286 g/mol. The number of rotatable bonds is 8. The third-order valence-corrected chi connectivity index (χ3v) is 5.01. The summed E-state index contributed by atoms with van der Waals surface area (Å²) in [5.74, 6) is 1.48. The Morgan fingerprint density at radius 1 is 1.09 bits per heavy atom. The molecule has 0 heterocycles. The highest BCUT2D eigenvalue weighted by Crippen LogP contribution is 2.30. The molecule has 1 aliphatic carbocycles. The van der Waals surface area contributed by atoms with Crippen LogP contribution in [0.3, 0.4) is 0 Å². The third kappa shape index (κ3) is 6.34. The Morgan fingerprint density at radius 2 is 1.70 bits per heavy atom. The number of hydrogen-bond donors (Lipinski definition) is 1. The third-order valence-electron chi connectivity index (χ3n) is 5.01. The van der Waals surface area contributed by atoms with Crippen LogP contribution in [0.2, 0.25) is 0 Å². The molecule has 2 rings (SSSR count). The molecule has 1 aliphatic rings. The zero-order valence-corrected chi connectivity index (χ0v) is 14.4. The van der Waals surface area contributed by atoms with Gasteiger partial charge < -0.3 is 10.5 Å². The number of nitrogens with two attached hydrogens (primary N) is 1. The molecule has 0 aromatic heterocycles. The van der Waals surface area contributed by atoms with Crippen LogP contribution in [0.25, 0.3) is 0 Å². The van der Waals surface area contributed by atoms with Crippen molar-refractivity contribution in [2.45, 2.75) is 58.3 Å². The van der Waals surface area contributed by atoms with Crippen LogP contribution in [-0.2, 0) is 22.4 Å². The number of carbonyl (C=O) groups is 1. The van der Waals surface area contributed by atoms with Gasteiger partial charge in [-0.15, -0.1) is 0 Å². The number of esters is 1. The lowest BCUT2D eigenvalue weighted by Gasteiger charge is -2.27. The van der Waals surface area contributed by atoms with E-state index in [1.54, 1.807) is 0 Å². The smallest absolute Gasteiger partial charge is 0.305 e. The van der Waals surface area contributed by atoms with Crippen molar-refractivity contribution >= 4 is 5.97 Å². The summed E-state index contributed by atoms with van der Waals surface area (Å²) < 4.78 is 5.11. The molecule has 0 saturated heterocycles. The van der Waals surface area contributed by atoms with Crippen molar-refractivity contribution in [3.63, 3.8) is 0 Å². The van der Waals surface area contributed by atoms with E-state index >= 15 is 0 Å². The maximum atomic E-state index is 11.1. The first-order valence-electron chi connectivity index (χ1n) is 9.14. The number of hydrogen-bond acceptors (Lipinski definition) is 3. The van der Waals surface area contributed by atoms with Crippen molar-refractivity contribution < 1.29 is 9.53 Å². The normalized spacial score (nSPS) is 21.1. The molecule has 0 amide bonds. The van der Waals surface area contributed by atoms with E-state index in [-0.39, 0.29) is 5.97 Å². The fourth-order valence-corrected chi connectivity index (χ4v) is 3.41. The van der Waals surface area contributed by atoms with Gasteiger partial charge in [-0.25, -0.2) is 0 Å². The molecule has 0 atom stereocenters. The Labute approximate surface area is 140 Å². The fraction of sp³-hybridized carbons (Fsp3) is 0.650. The highest BCUT2D eigenvalue weighted by atomic mass is 16.5. The maximum absolute atomic E-state index is 11.1. The summed E-state index contributed by atoms with van der Waals surface area (Å²) in [7, 11) is 0. The summed E-state index contributed by atoms with van der Waals surface area (Å²) in [4.78, 5) is 11.1. The van der Waals surface area contributed by atoms with E-state index in [1.165, 1.54) is 43.2 Å². The monoisotopic (exact) mass is 317 g/mol. The van der Waals surface area contributed by atoms with Crippen LogP contribution in [0.1, 0.15) is 56.6 Å². The van der Waals surface area contributed by atoms with E-state index < -0.39 is 0 Å². The van der Waals surface area contributed by atoms with Crippen LogP contribution >= 0.6 is 0 Å². The molecule has 0 unspecified atom stereocenters. The van der Waals surface area contributed by atoms with Crippen molar-refractivity contribution in [1.82, 2.24) is 0 Å². The van der Waals surface area contributed by atoms with Gasteiger partial charge in [0.1, 0.15) is 0 Å². The maximum Gasteiger partial charge on any atom is 0.305 e. The molecule has 128 valence electrons. The number of carbonyl (C=O) groups excluding carboxylic acids is 1. The van der Waals surface area contributed by atoms with Gasteiger partial charge in [0.2, 0.25) is 0 Å². The quantitative estimate of drug-likeness (QED) is 0.585. The first kappa shape index (κ1) is 18.0. The van der Waals surface area contributed by atoms with E-state index in [2.05, 4.69) is 24.3 Å². The van der Waals surface area contributed by atoms with Crippen LogP contribution in [0.4, 0.5) is 0 Å². The predicted octanol–water partition coefficient (Wildman–Crippen LogP) is 3.88. The Morgan fingerprint density at radius 3 is 2.30 bits per heavy atom. The largest absolute Gasteiger partial charge is 0.466 e. The van der Waals surface area contributed by atoms with Crippen molar-refractivity contribution in [2.24, 2.45) is 17.6 Å². The SMILES string of the molecule is CCC(=O)OCCCc1ccc(CC2CCC(CN)CC2)cc1. The first-order chi connectivity index (χ1) is 11.2. The van der Waals surface area contributed by atoms with Crippen molar-refractivity contribution in [3.05, 3.63) is 35.4 Å². The molecular formula is C20H31NO2. The van der Waals surface area contributed by atoms with Crippen LogP contribution in [-0.4, -0.2) is 19.1 Å². The molecule has 1 aromatic carbocycles. The number of aryl methyl sites for hydroxylation is 1. The highest BCUT2D eigenvalue weighted by Gasteiger charge is 2.20. The molecule has 1 aromatic rings. The van der Waals surface area contributed by atoms with Crippen LogP contribution < -0.4 is 5.73 Å². The van der Waals surface area contributed by atoms with Gasteiger partial charge in [-0.05, 0) is 74.5 Å². The zero-order chi connectivity index (χ0) is 16.5. The van der Waals surface area contributed by atoms with Gasteiger partial charge in [-0.2, -0.15) is 0 Å². The van der Waals surface area contributed by atoms with Gasteiger partial charge in [0, 0.05) is 6.42 Å². The molecule has 2 N–H and O–H groups in total. The summed E-state index contributed by atoms with van der Waals surface area (Å²) >= 11 is 0. The Bertz CT molecular complexity index is 461.